The van der Waals surface area contributed by atoms with Crippen molar-refractivity contribution in [1.29, 1.82) is 0 Å². The summed E-state index contributed by atoms with van der Waals surface area (Å²) in [6.07, 6.45) is -4.58. The van der Waals surface area contributed by atoms with Crippen molar-refractivity contribution in [3.05, 3.63) is 23.5 Å². The molecule has 22 heavy (non-hydrogen) atoms. The molecule has 9 heteroatoms. The maximum Gasteiger partial charge on any atom is 0.433 e. The Balaban J connectivity index is 1.90. The second-order valence-corrected chi connectivity index (χ2v) is 7.68. The topological polar surface area (TPSA) is 62.3 Å². The average Bonchev–Trinajstić information content (AvgIpc) is 2.97. The van der Waals surface area contributed by atoms with Crippen LogP contribution in [0.25, 0.3) is 0 Å². The van der Waals surface area contributed by atoms with Crippen molar-refractivity contribution in [1.82, 2.24) is 14.6 Å². The molecule has 0 aliphatic carbocycles. The molecule has 2 saturated heterocycles. The van der Waals surface area contributed by atoms with Crippen molar-refractivity contribution in [3.8, 4) is 0 Å². The lowest BCUT2D eigenvalue weighted by atomic mass is 10.0. The van der Waals surface area contributed by atoms with Crippen LogP contribution in [-0.2, 0) is 16.2 Å². The largest absolute Gasteiger partial charge is 0.433 e. The summed E-state index contributed by atoms with van der Waals surface area (Å²) >= 11 is 0. The normalized spacial score (nSPS) is 26.4. The zero-order valence-corrected chi connectivity index (χ0v) is 12.7. The molecule has 0 radical (unpaired) electrons. The van der Waals surface area contributed by atoms with Crippen molar-refractivity contribution in [2.45, 2.75) is 18.0 Å². The smallest absolute Gasteiger partial charge is 0.316 e. The van der Waals surface area contributed by atoms with Crippen LogP contribution in [0.1, 0.15) is 11.4 Å². The van der Waals surface area contributed by atoms with E-state index in [1.807, 2.05) is 0 Å². The first-order chi connectivity index (χ1) is 10.2. The van der Waals surface area contributed by atoms with Crippen LogP contribution < -0.4 is 5.32 Å². The predicted molar refractivity (Wildman–Crippen MR) is 72.6 cm³/mol. The van der Waals surface area contributed by atoms with Gasteiger partial charge in [-0.15, -0.1) is 0 Å². The Hall–Kier alpha value is -1.19. The van der Waals surface area contributed by atoms with Crippen LogP contribution in [0.4, 0.5) is 13.2 Å². The molecule has 0 bridgehead atoms. The van der Waals surface area contributed by atoms with Crippen LogP contribution in [0.15, 0.2) is 17.0 Å². The van der Waals surface area contributed by atoms with Gasteiger partial charge in [0, 0.05) is 13.1 Å². The van der Waals surface area contributed by atoms with Crippen LogP contribution in [0, 0.1) is 18.8 Å². The number of fused-ring (bicyclic) bond motifs is 1. The quantitative estimate of drug-likeness (QED) is 0.884. The van der Waals surface area contributed by atoms with E-state index in [4.69, 9.17) is 0 Å². The molecule has 5 nitrogen and oxygen atoms in total. The van der Waals surface area contributed by atoms with E-state index in [2.05, 4.69) is 10.3 Å². The van der Waals surface area contributed by atoms with Crippen molar-refractivity contribution < 1.29 is 21.6 Å². The number of rotatable bonds is 2. The van der Waals surface area contributed by atoms with E-state index in [0.717, 1.165) is 25.2 Å². The molecular weight excluding hydrogens is 319 g/mol. The summed E-state index contributed by atoms with van der Waals surface area (Å²) in [5.74, 6) is 0.551. The van der Waals surface area contributed by atoms with Crippen molar-refractivity contribution in [2.24, 2.45) is 11.8 Å². The Morgan fingerprint density at radius 1 is 1.23 bits per heavy atom. The van der Waals surface area contributed by atoms with E-state index in [1.165, 1.54) is 11.2 Å². The minimum Gasteiger partial charge on any atom is -0.316 e. The number of hydrogen-bond donors (Lipinski definition) is 1. The Labute approximate surface area is 126 Å². The van der Waals surface area contributed by atoms with Crippen LogP contribution in [-0.4, -0.2) is 43.9 Å². The maximum atomic E-state index is 12.6. The molecule has 0 amide bonds. The van der Waals surface area contributed by atoms with E-state index in [0.29, 0.717) is 13.1 Å². The zero-order valence-electron chi connectivity index (χ0n) is 11.9. The SMILES string of the molecule is Cc1nc(C(F)(F)F)ccc1S(=O)(=O)N1C[C@@H]2CNC[C@H]2C1. The van der Waals surface area contributed by atoms with Gasteiger partial charge in [0.05, 0.1) is 5.69 Å². The molecule has 1 N–H and O–H groups in total. The fraction of sp³-hybridized carbons (Fsp3) is 0.615. The molecule has 1 aromatic rings. The van der Waals surface area contributed by atoms with Gasteiger partial charge in [-0.3, -0.25) is 0 Å². The molecule has 1 aromatic heterocycles. The van der Waals surface area contributed by atoms with E-state index in [1.54, 1.807) is 0 Å². The lowest BCUT2D eigenvalue weighted by Crippen LogP contribution is -2.32. The monoisotopic (exact) mass is 335 g/mol. The van der Waals surface area contributed by atoms with Gasteiger partial charge in [-0.2, -0.15) is 17.5 Å². The maximum absolute atomic E-state index is 12.6. The highest BCUT2D eigenvalue weighted by molar-refractivity contribution is 7.89. The van der Waals surface area contributed by atoms with Gasteiger partial charge >= 0.3 is 6.18 Å². The highest BCUT2D eigenvalue weighted by atomic mass is 32.2. The lowest BCUT2D eigenvalue weighted by Gasteiger charge is -2.19. The molecule has 3 rings (SSSR count). The Bertz CT molecular complexity index is 678. The summed E-state index contributed by atoms with van der Waals surface area (Å²) in [6.45, 7) is 3.66. The van der Waals surface area contributed by atoms with E-state index >= 15 is 0 Å². The van der Waals surface area contributed by atoms with Crippen LogP contribution in [0.2, 0.25) is 0 Å². The number of aryl methyl sites for hydroxylation is 1. The van der Waals surface area contributed by atoms with Crippen molar-refractivity contribution >= 4 is 10.0 Å². The Morgan fingerprint density at radius 2 is 1.82 bits per heavy atom. The highest BCUT2D eigenvalue weighted by Gasteiger charge is 2.42. The first-order valence-corrected chi connectivity index (χ1v) is 8.39. The summed E-state index contributed by atoms with van der Waals surface area (Å²) in [7, 11) is -3.80. The van der Waals surface area contributed by atoms with Crippen LogP contribution in [0.5, 0.6) is 0 Å². The van der Waals surface area contributed by atoms with Gasteiger partial charge in [0.25, 0.3) is 0 Å². The first kappa shape index (κ1) is 15.7. The standard InChI is InChI=1S/C13H16F3N3O2S/c1-8-11(2-3-12(18-8)13(14,15)16)22(20,21)19-6-9-4-17-5-10(9)7-19/h2-3,9-10,17H,4-7H2,1H3/t9-,10-/m0/s1. The molecule has 0 saturated carbocycles. The highest BCUT2D eigenvalue weighted by Crippen LogP contribution is 2.33. The van der Waals surface area contributed by atoms with Crippen LogP contribution >= 0.6 is 0 Å². The Morgan fingerprint density at radius 3 is 2.32 bits per heavy atom. The third kappa shape index (κ3) is 2.61. The first-order valence-electron chi connectivity index (χ1n) is 6.95. The van der Waals surface area contributed by atoms with Gasteiger partial charge in [0.15, 0.2) is 0 Å². The van der Waals surface area contributed by atoms with Gasteiger partial charge in [-0.25, -0.2) is 13.4 Å². The molecule has 2 fully saturated rings. The van der Waals surface area contributed by atoms with Gasteiger partial charge < -0.3 is 5.32 Å². The summed E-state index contributed by atoms with van der Waals surface area (Å²) in [5, 5.41) is 3.21. The van der Waals surface area contributed by atoms with Gasteiger partial charge in [-0.05, 0) is 44.0 Å². The van der Waals surface area contributed by atoms with Gasteiger partial charge in [-0.1, -0.05) is 0 Å². The molecular formula is C13H16F3N3O2S. The van der Waals surface area contributed by atoms with Crippen molar-refractivity contribution in [2.75, 3.05) is 26.2 Å². The number of hydrogen-bond acceptors (Lipinski definition) is 4. The summed E-state index contributed by atoms with van der Waals surface area (Å²) in [5.41, 5.74) is -1.20. The van der Waals surface area contributed by atoms with E-state index < -0.39 is 21.9 Å². The second-order valence-electron chi connectivity index (χ2n) is 5.78. The number of pyridine rings is 1. The fourth-order valence-corrected chi connectivity index (χ4v) is 4.84. The second kappa shape index (κ2) is 5.17. The average molecular weight is 335 g/mol. The molecule has 2 aliphatic rings. The number of sulfonamides is 1. The fourth-order valence-electron chi connectivity index (χ4n) is 3.13. The number of aromatic nitrogens is 1. The molecule has 3 heterocycles. The molecule has 2 atom stereocenters. The van der Waals surface area contributed by atoms with Crippen LogP contribution in [0.3, 0.4) is 0 Å². The van der Waals surface area contributed by atoms with E-state index in [9.17, 15) is 21.6 Å². The lowest BCUT2D eigenvalue weighted by molar-refractivity contribution is -0.141. The number of halogens is 3. The molecule has 2 aliphatic heterocycles. The number of nitrogens with one attached hydrogen (secondary N) is 1. The molecule has 0 unspecified atom stereocenters. The molecule has 122 valence electrons. The molecule has 0 spiro atoms. The minimum absolute atomic E-state index is 0.120. The van der Waals surface area contributed by atoms with Gasteiger partial charge in [0.1, 0.15) is 10.6 Å². The predicted octanol–water partition coefficient (Wildman–Crippen LogP) is 1.25. The number of nitrogens with zero attached hydrogens (tertiary/aromatic N) is 2. The Kier molecular flexibility index (Phi) is 3.69. The number of alkyl halides is 3. The summed E-state index contributed by atoms with van der Waals surface area (Å²) in [4.78, 5) is 3.27. The molecule has 0 aromatic carbocycles. The third-order valence-corrected chi connectivity index (χ3v) is 6.27. The minimum atomic E-state index is -4.58. The van der Waals surface area contributed by atoms with E-state index in [-0.39, 0.29) is 22.4 Å². The summed E-state index contributed by atoms with van der Waals surface area (Å²) in [6, 6.07) is 1.73. The van der Waals surface area contributed by atoms with Crippen molar-refractivity contribution in [3.63, 3.8) is 0 Å². The third-order valence-electron chi connectivity index (χ3n) is 4.30. The zero-order chi connectivity index (χ0) is 16.1. The van der Waals surface area contributed by atoms with Gasteiger partial charge in [0.2, 0.25) is 10.0 Å². The summed E-state index contributed by atoms with van der Waals surface area (Å²) < 4.78 is 64.5.